The van der Waals surface area contributed by atoms with Crippen molar-refractivity contribution in [1.82, 2.24) is 4.57 Å². The van der Waals surface area contributed by atoms with Gasteiger partial charge in [-0.25, -0.2) is 4.79 Å². The second kappa shape index (κ2) is 7.56. The summed E-state index contributed by atoms with van der Waals surface area (Å²) in [5, 5.41) is 0. The molecule has 0 N–H and O–H groups in total. The van der Waals surface area contributed by atoms with Crippen LogP contribution in [0.15, 0.2) is 30.4 Å². The van der Waals surface area contributed by atoms with Crippen LogP contribution in [0.5, 0.6) is 0 Å². The molecule has 134 valence electrons. The minimum absolute atomic E-state index is 0.0962. The summed E-state index contributed by atoms with van der Waals surface area (Å²) < 4.78 is 25.5. The van der Waals surface area contributed by atoms with Gasteiger partial charge in [0.05, 0.1) is 19.1 Å². The Balaban J connectivity index is 1.94. The van der Waals surface area contributed by atoms with Crippen LogP contribution < -0.4 is 0 Å². The molecule has 1 aromatic rings. The van der Waals surface area contributed by atoms with Gasteiger partial charge in [0.25, 0.3) is 0 Å². The van der Waals surface area contributed by atoms with Crippen molar-refractivity contribution >= 4 is 11.9 Å². The number of carbonyl (C=O) groups excluding carboxylic acids is 2. The van der Waals surface area contributed by atoms with Crippen molar-refractivity contribution in [3.63, 3.8) is 0 Å². The Morgan fingerprint density at radius 3 is 2.80 bits per heavy atom. The second-order valence-electron chi connectivity index (χ2n) is 6.56. The van der Waals surface area contributed by atoms with Gasteiger partial charge in [-0.3, -0.25) is 4.79 Å². The van der Waals surface area contributed by atoms with E-state index in [1.807, 2.05) is 36.9 Å². The molecule has 1 saturated carbocycles. The van der Waals surface area contributed by atoms with Gasteiger partial charge in [-0.1, -0.05) is 19.8 Å². The normalized spacial score (nSPS) is 21.3. The van der Waals surface area contributed by atoms with Crippen LogP contribution in [0.4, 0.5) is 4.39 Å². The molecule has 2 atom stereocenters. The molecule has 1 aliphatic rings. The summed E-state index contributed by atoms with van der Waals surface area (Å²) >= 11 is 0. The highest BCUT2D eigenvalue weighted by Crippen LogP contribution is 2.60. The van der Waals surface area contributed by atoms with Gasteiger partial charge in [0, 0.05) is 18.0 Å². The summed E-state index contributed by atoms with van der Waals surface area (Å²) in [5.74, 6) is -0.748. The molecule has 1 fully saturated rings. The molecule has 2 rings (SSSR count). The third kappa shape index (κ3) is 4.30. The van der Waals surface area contributed by atoms with E-state index < -0.39 is 35.0 Å². The molecule has 0 unspecified atom stereocenters. The maximum Gasteiger partial charge on any atom is 0.366 e. The third-order valence-corrected chi connectivity index (χ3v) is 4.43. The number of aromatic nitrogens is 1. The molecule has 6 heteroatoms. The molecule has 0 saturated heterocycles. The summed E-state index contributed by atoms with van der Waals surface area (Å²) in [7, 11) is 0. The van der Waals surface area contributed by atoms with Crippen LogP contribution in [0.2, 0.25) is 0 Å². The lowest BCUT2D eigenvalue weighted by Gasteiger charge is -2.04. The first kappa shape index (κ1) is 18.8. The maximum absolute atomic E-state index is 13.8. The zero-order chi connectivity index (χ0) is 18.6. The van der Waals surface area contributed by atoms with Crippen molar-refractivity contribution in [3.05, 3.63) is 35.9 Å². The lowest BCUT2D eigenvalue weighted by atomic mass is 10.1. The fourth-order valence-electron chi connectivity index (χ4n) is 2.89. The number of ether oxygens (including phenoxy) is 2. The smallest absolute Gasteiger partial charge is 0.366 e. The van der Waals surface area contributed by atoms with Crippen LogP contribution in [0.1, 0.15) is 26.3 Å². The van der Waals surface area contributed by atoms with Crippen LogP contribution in [0, 0.1) is 29.6 Å². The Hall–Kier alpha value is -2.55. The minimum atomic E-state index is -1.01. The molecule has 25 heavy (non-hydrogen) atoms. The average molecular weight is 347 g/mol. The number of nitrogens with zero attached hydrogens (tertiary/aromatic N) is 1. The number of esters is 2. The van der Waals surface area contributed by atoms with E-state index in [-0.39, 0.29) is 13.2 Å². The first-order valence-corrected chi connectivity index (χ1v) is 8.10. The Bertz CT molecular complexity index is 726. The standard InChI is InChI=1S/C19H22FNO4/c1-5-8-21-9-7-13(11-21)12-25-18(23)16-14(19(16,3)4)10-15(20)17(22)24-6-2/h1,7,9-11,14,16H,6,8,12H2,2-4H3/t14-,16-/m0/s1. The molecule has 0 aliphatic heterocycles. The van der Waals surface area contributed by atoms with E-state index in [2.05, 4.69) is 10.7 Å². The van der Waals surface area contributed by atoms with Crippen LogP contribution in [0.3, 0.4) is 0 Å². The summed E-state index contributed by atoms with van der Waals surface area (Å²) in [6, 6.07) is 1.82. The Morgan fingerprint density at radius 2 is 2.16 bits per heavy atom. The van der Waals surface area contributed by atoms with Gasteiger partial charge in [-0.15, -0.1) is 6.42 Å². The number of rotatable bonds is 7. The quantitative estimate of drug-likeness (QED) is 0.432. The fraction of sp³-hybridized carbons (Fsp3) is 0.474. The molecule has 1 heterocycles. The Kier molecular flexibility index (Phi) is 5.68. The van der Waals surface area contributed by atoms with Crippen molar-refractivity contribution in [2.75, 3.05) is 6.61 Å². The van der Waals surface area contributed by atoms with Crippen molar-refractivity contribution in [2.24, 2.45) is 17.3 Å². The van der Waals surface area contributed by atoms with Gasteiger partial charge in [-0.05, 0) is 30.4 Å². The first-order chi connectivity index (χ1) is 11.8. The van der Waals surface area contributed by atoms with Crippen molar-refractivity contribution in [1.29, 1.82) is 0 Å². The first-order valence-electron chi connectivity index (χ1n) is 8.10. The molecule has 5 nitrogen and oxygen atoms in total. The lowest BCUT2D eigenvalue weighted by Crippen LogP contribution is -2.10. The Labute approximate surface area is 146 Å². The predicted octanol–water partition coefficient (Wildman–Crippen LogP) is 2.85. The van der Waals surface area contributed by atoms with E-state index in [1.165, 1.54) is 0 Å². The van der Waals surface area contributed by atoms with Crippen molar-refractivity contribution in [3.8, 4) is 12.3 Å². The van der Waals surface area contributed by atoms with Gasteiger partial charge >= 0.3 is 11.9 Å². The van der Waals surface area contributed by atoms with E-state index in [0.29, 0.717) is 6.54 Å². The monoisotopic (exact) mass is 347 g/mol. The summed E-state index contributed by atoms with van der Waals surface area (Å²) in [5.41, 5.74) is 0.364. The lowest BCUT2D eigenvalue weighted by molar-refractivity contribution is -0.147. The molecule has 0 amide bonds. The zero-order valence-electron chi connectivity index (χ0n) is 14.6. The van der Waals surface area contributed by atoms with E-state index in [9.17, 15) is 14.0 Å². The number of carbonyl (C=O) groups is 2. The summed E-state index contributed by atoms with van der Waals surface area (Å²) in [6.45, 7) is 5.94. The molecule has 1 aromatic heterocycles. The molecule has 0 radical (unpaired) electrons. The highest BCUT2D eigenvalue weighted by Gasteiger charge is 2.62. The van der Waals surface area contributed by atoms with Gasteiger partial charge in [-0.2, -0.15) is 4.39 Å². The fourth-order valence-corrected chi connectivity index (χ4v) is 2.89. The SMILES string of the molecule is C#CCn1ccc(COC(=O)[C@@H]2[C@H](C=C(F)C(=O)OCC)C2(C)C)c1. The number of halogens is 1. The van der Waals surface area contributed by atoms with E-state index >= 15 is 0 Å². The van der Waals surface area contributed by atoms with Crippen LogP contribution >= 0.6 is 0 Å². The summed E-state index contributed by atoms with van der Waals surface area (Å²) in [4.78, 5) is 23.6. The molecule has 0 bridgehead atoms. The number of hydrogen-bond donors (Lipinski definition) is 0. The second-order valence-corrected chi connectivity index (χ2v) is 6.56. The highest BCUT2D eigenvalue weighted by molar-refractivity contribution is 5.86. The number of hydrogen-bond acceptors (Lipinski definition) is 4. The largest absolute Gasteiger partial charge is 0.461 e. The molecule has 1 aliphatic carbocycles. The van der Waals surface area contributed by atoms with Gasteiger partial charge in [0.1, 0.15) is 6.61 Å². The molecule has 0 spiro atoms. The molecular formula is C19H22FNO4. The van der Waals surface area contributed by atoms with Gasteiger partial charge in [0.15, 0.2) is 0 Å². The Morgan fingerprint density at radius 1 is 1.44 bits per heavy atom. The topological polar surface area (TPSA) is 57.5 Å². The predicted molar refractivity (Wildman–Crippen MR) is 89.6 cm³/mol. The molecular weight excluding hydrogens is 325 g/mol. The minimum Gasteiger partial charge on any atom is -0.461 e. The van der Waals surface area contributed by atoms with Crippen LogP contribution in [-0.2, 0) is 32.2 Å². The zero-order valence-corrected chi connectivity index (χ0v) is 14.6. The average Bonchev–Trinajstić information content (AvgIpc) is 2.89. The van der Waals surface area contributed by atoms with Crippen molar-refractivity contribution < 1.29 is 23.5 Å². The van der Waals surface area contributed by atoms with Crippen molar-refractivity contribution in [2.45, 2.75) is 33.9 Å². The van der Waals surface area contributed by atoms with E-state index in [4.69, 9.17) is 11.2 Å². The number of terminal acetylenes is 1. The van der Waals surface area contributed by atoms with Gasteiger partial charge < -0.3 is 14.0 Å². The van der Waals surface area contributed by atoms with Crippen LogP contribution in [0.25, 0.3) is 0 Å². The maximum atomic E-state index is 13.8. The van der Waals surface area contributed by atoms with E-state index in [1.54, 1.807) is 6.92 Å². The highest BCUT2D eigenvalue weighted by atomic mass is 19.1. The number of allylic oxidation sites excluding steroid dienone is 1. The third-order valence-electron chi connectivity index (χ3n) is 4.43. The van der Waals surface area contributed by atoms with E-state index in [0.717, 1.165) is 11.6 Å². The van der Waals surface area contributed by atoms with Gasteiger partial charge in [0.2, 0.25) is 5.83 Å². The summed E-state index contributed by atoms with van der Waals surface area (Å²) in [6.07, 6.45) is 10.0. The van der Waals surface area contributed by atoms with Crippen LogP contribution in [-0.4, -0.2) is 23.1 Å². The molecule has 0 aromatic carbocycles.